The van der Waals surface area contributed by atoms with Crippen molar-refractivity contribution in [3.8, 4) is 0 Å². The smallest absolute Gasteiger partial charge is 0.428 e. The fourth-order valence-corrected chi connectivity index (χ4v) is 2.48. The second-order valence-electron chi connectivity index (χ2n) is 4.81. The minimum atomic E-state index is -0.479. The van der Waals surface area contributed by atoms with Gasteiger partial charge >= 0.3 is 12.1 Å². The summed E-state index contributed by atoms with van der Waals surface area (Å²) in [7, 11) is 1.33. The van der Waals surface area contributed by atoms with Crippen LogP contribution in [0.1, 0.15) is 19.8 Å². The maximum atomic E-state index is 12.5. The van der Waals surface area contributed by atoms with E-state index in [1.54, 1.807) is 4.90 Å². The Bertz CT molecular complexity index is 344. The lowest BCUT2D eigenvalue weighted by Crippen LogP contribution is -2.61. The Kier molecular flexibility index (Phi) is 4.47. The Morgan fingerprint density at radius 1 is 1.21 bits per heavy atom. The number of rotatable bonds is 0. The lowest BCUT2D eigenvalue weighted by Gasteiger charge is -2.44. The summed E-state index contributed by atoms with van der Waals surface area (Å²) >= 11 is 0. The van der Waals surface area contributed by atoms with Gasteiger partial charge in [-0.15, -0.1) is 0 Å². The molecule has 108 valence electrons. The van der Waals surface area contributed by atoms with Crippen LogP contribution in [0.3, 0.4) is 0 Å². The fourth-order valence-electron chi connectivity index (χ4n) is 2.48. The number of morpholine rings is 1. The van der Waals surface area contributed by atoms with Crippen LogP contribution >= 0.6 is 0 Å². The van der Waals surface area contributed by atoms with Gasteiger partial charge < -0.3 is 14.4 Å². The molecule has 7 nitrogen and oxygen atoms in total. The number of hydrogen-bond donors (Lipinski definition) is 0. The third-order valence-corrected chi connectivity index (χ3v) is 3.53. The minimum absolute atomic E-state index is 0.00296. The van der Waals surface area contributed by atoms with E-state index in [0.717, 1.165) is 12.8 Å². The monoisotopic (exact) mass is 271 g/mol. The predicted octanol–water partition coefficient (Wildman–Crippen LogP) is 0.906. The van der Waals surface area contributed by atoms with Gasteiger partial charge in [0.05, 0.1) is 26.4 Å². The summed E-state index contributed by atoms with van der Waals surface area (Å²) in [5.74, 6) is 0. The van der Waals surface area contributed by atoms with Crippen molar-refractivity contribution in [2.75, 3.05) is 40.0 Å². The highest BCUT2D eigenvalue weighted by Gasteiger charge is 2.36. The van der Waals surface area contributed by atoms with Gasteiger partial charge in [-0.25, -0.2) is 19.6 Å². The average molecular weight is 271 g/mol. The largest absolute Gasteiger partial charge is 0.452 e. The van der Waals surface area contributed by atoms with Crippen LogP contribution in [0.4, 0.5) is 9.59 Å². The Morgan fingerprint density at radius 3 is 2.53 bits per heavy atom. The van der Waals surface area contributed by atoms with Crippen molar-refractivity contribution in [2.24, 2.45) is 0 Å². The molecule has 2 aliphatic rings. The van der Waals surface area contributed by atoms with Gasteiger partial charge in [0.15, 0.2) is 0 Å². The topological polar surface area (TPSA) is 62.3 Å². The van der Waals surface area contributed by atoms with E-state index >= 15 is 0 Å². The summed E-state index contributed by atoms with van der Waals surface area (Å²) in [6, 6.07) is -0.135. The molecule has 2 rings (SSSR count). The highest BCUT2D eigenvalue weighted by molar-refractivity contribution is 5.78. The van der Waals surface area contributed by atoms with E-state index in [-0.39, 0.29) is 12.1 Å². The lowest BCUT2D eigenvalue weighted by molar-refractivity contribution is -0.0515. The number of carbonyl (C=O) groups is 2. The molecular weight excluding hydrogens is 250 g/mol. The molecule has 2 fully saturated rings. The average Bonchev–Trinajstić information content (AvgIpc) is 2.46. The van der Waals surface area contributed by atoms with Gasteiger partial charge in [0.2, 0.25) is 0 Å². The molecule has 0 bridgehead atoms. The van der Waals surface area contributed by atoms with Crippen molar-refractivity contribution in [3.63, 3.8) is 0 Å². The summed E-state index contributed by atoms with van der Waals surface area (Å²) in [6.45, 7) is 4.70. The molecule has 0 saturated carbocycles. The number of methoxy groups -OCH3 is 1. The maximum Gasteiger partial charge on any atom is 0.428 e. The van der Waals surface area contributed by atoms with E-state index in [9.17, 15) is 9.59 Å². The lowest BCUT2D eigenvalue weighted by atomic mass is 10.1. The third-order valence-electron chi connectivity index (χ3n) is 3.53. The summed E-state index contributed by atoms with van der Waals surface area (Å²) in [4.78, 5) is 26.0. The van der Waals surface area contributed by atoms with Crippen LogP contribution in [0.5, 0.6) is 0 Å². The number of urea groups is 1. The molecule has 2 heterocycles. The number of carbonyl (C=O) groups excluding carboxylic acids is 2. The van der Waals surface area contributed by atoms with Crippen molar-refractivity contribution < 1.29 is 19.1 Å². The van der Waals surface area contributed by atoms with E-state index in [0.29, 0.717) is 32.8 Å². The van der Waals surface area contributed by atoms with E-state index < -0.39 is 6.09 Å². The zero-order valence-electron chi connectivity index (χ0n) is 11.5. The second kappa shape index (κ2) is 6.10. The minimum Gasteiger partial charge on any atom is -0.452 e. The number of nitrogens with zero attached hydrogens (tertiary/aromatic N) is 3. The summed E-state index contributed by atoms with van der Waals surface area (Å²) in [6.07, 6.45) is 1.29. The van der Waals surface area contributed by atoms with Crippen LogP contribution < -0.4 is 0 Å². The standard InChI is InChI=1S/C12H21N3O4/c1-10-4-3-5-14(12(17)18-2)15(10)11(16)13-6-8-19-9-7-13/h10H,3-9H2,1-2H3/t10-/m0/s1. The van der Waals surface area contributed by atoms with E-state index in [1.807, 2.05) is 6.92 Å². The molecule has 0 radical (unpaired) electrons. The van der Waals surface area contributed by atoms with Crippen LogP contribution in [0, 0.1) is 0 Å². The van der Waals surface area contributed by atoms with Crippen molar-refractivity contribution in [2.45, 2.75) is 25.8 Å². The molecule has 2 saturated heterocycles. The van der Waals surface area contributed by atoms with E-state index in [4.69, 9.17) is 9.47 Å². The molecule has 0 spiro atoms. The molecule has 7 heteroatoms. The maximum absolute atomic E-state index is 12.5. The van der Waals surface area contributed by atoms with Crippen LogP contribution in [-0.4, -0.2) is 73.0 Å². The van der Waals surface area contributed by atoms with Gasteiger partial charge in [0.1, 0.15) is 0 Å². The Balaban J connectivity index is 2.11. The quantitative estimate of drug-likeness (QED) is 0.657. The van der Waals surface area contributed by atoms with Crippen molar-refractivity contribution in [1.82, 2.24) is 14.9 Å². The highest BCUT2D eigenvalue weighted by atomic mass is 16.5. The number of hydrazine groups is 1. The van der Waals surface area contributed by atoms with Crippen molar-refractivity contribution in [3.05, 3.63) is 0 Å². The number of ether oxygens (including phenoxy) is 2. The van der Waals surface area contributed by atoms with Gasteiger partial charge in [-0.1, -0.05) is 0 Å². The molecule has 3 amide bonds. The first-order valence-corrected chi connectivity index (χ1v) is 6.66. The van der Waals surface area contributed by atoms with Gasteiger partial charge in [-0.2, -0.15) is 0 Å². The van der Waals surface area contributed by atoms with Crippen molar-refractivity contribution >= 4 is 12.1 Å². The SMILES string of the molecule is COC(=O)N1CCC[C@H](C)N1C(=O)N1CCOCC1. The van der Waals surface area contributed by atoms with Gasteiger partial charge in [0, 0.05) is 19.6 Å². The molecule has 0 aromatic rings. The summed E-state index contributed by atoms with van der Waals surface area (Å²) < 4.78 is 10.00. The first-order valence-electron chi connectivity index (χ1n) is 6.66. The summed E-state index contributed by atoms with van der Waals surface area (Å²) in [5.41, 5.74) is 0. The molecule has 0 aromatic heterocycles. The first kappa shape index (κ1) is 13.9. The van der Waals surface area contributed by atoms with Gasteiger partial charge in [0.25, 0.3) is 0 Å². The normalized spacial score (nSPS) is 24.3. The molecule has 0 aromatic carbocycles. The van der Waals surface area contributed by atoms with Crippen LogP contribution in [0.15, 0.2) is 0 Å². The van der Waals surface area contributed by atoms with Crippen molar-refractivity contribution in [1.29, 1.82) is 0 Å². The second-order valence-corrected chi connectivity index (χ2v) is 4.81. The summed E-state index contributed by atoms with van der Waals surface area (Å²) in [5, 5.41) is 2.94. The molecule has 0 N–H and O–H groups in total. The van der Waals surface area contributed by atoms with Gasteiger partial charge in [-0.05, 0) is 19.8 Å². The van der Waals surface area contributed by atoms with Gasteiger partial charge in [-0.3, -0.25) is 0 Å². The molecule has 0 unspecified atom stereocenters. The molecular formula is C12H21N3O4. The van der Waals surface area contributed by atoms with Crippen LogP contribution in [0.25, 0.3) is 0 Å². The number of hydrogen-bond acceptors (Lipinski definition) is 4. The third kappa shape index (κ3) is 2.91. The molecule has 19 heavy (non-hydrogen) atoms. The molecule has 2 aliphatic heterocycles. The van der Waals surface area contributed by atoms with Crippen LogP contribution in [-0.2, 0) is 9.47 Å². The van der Waals surface area contributed by atoms with Crippen LogP contribution in [0.2, 0.25) is 0 Å². The first-order chi connectivity index (χ1) is 9.15. The molecule has 0 aliphatic carbocycles. The Hall–Kier alpha value is -1.50. The highest BCUT2D eigenvalue weighted by Crippen LogP contribution is 2.21. The van der Waals surface area contributed by atoms with E-state index in [2.05, 4.69) is 0 Å². The zero-order valence-corrected chi connectivity index (χ0v) is 11.5. The fraction of sp³-hybridized carbons (Fsp3) is 0.833. The number of amides is 3. The van der Waals surface area contributed by atoms with E-state index in [1.165, 1.54) is 17.1 Å². The Labute approximate surface area is 113 Å². The molecule has 1 atom stereocenters. The Morgan fingerprint density at radius 2 is 1.89 bits per heavy atom. The zero-order chi connectivity index (χ0) is 13.8. The predicted molar refractivity (Wildman–Crippen MR) is 67.4 cm³/mol.